The number of hydrogen-bond acceptors (Lipinski definition) is 6. The summed E-state index contributed by atoms with van der Waals surface area (Å²) in [5.41, 5.74) is 0.845. The van der Waals surface area contributed by atoms with Crippen LogP contribution in [-0.2, 0) is 16.0 Å². The van der Waals surface area contributed by atoms with Gasteiger partial charge in [0.1, 0.15) is 23.9 Å². The van der Waals surface area contributed by atoms with Gasteiger partial charge in [-0.3, -0.25) is 0 Å². The van der Waals surface area contributed by atoms with E-state index in [-0.39, 0.29) is 6.42 Å². The number of nitrogens with zero attached hydrogens (tertiary/aromatic N) is 1. The van der Waals surface area contributed by atoms with E-state index >= 15 is 0 Å². The van der Waals surface area contributed by atoms with E-state index in [1.165, 1.54) is 0 Å². The minimum Gasteiger partial charge on any atom is -0.497 e. The van der Waals surface area contributed by atoms with E-state index in [2.05, 4.69) is 6.92 Å². The van der Waals surface area contributed by atoms with Crippen LogP contribution in [0.1, 0.15) is 38.7 Å². The van der Waals surface area contributed by atoms with Crippen molar-refractivity contribution in [2.45, 2.75) is 45.6 Å². The molecule has 8 heteroatoms. The molecule has 0 aliphatic heterocycles. The molecule has 0 aromatic heterocycles. The number of carboxylic acid groups (broad SMARTS) is 1. The van der Waals surface area contributed by atoms with Crippen molar-refractivity contribution in [1.29, 1.82) is 0 Å². The van der Waals surface area contributed by atoms with E-state index < -0.39 is 18.2 Å². The summed E-state index contributed by atoms with van der Waals surface area (Å²) in [6, 6.07) is 14.1. The van der Waals surface area contributed by atoms with Gasteiger partial charge in [-0.2, -0.15) is 0 Å². The van der Waals surface area contributed by atoms with Crippen LogP contribution in [0.3, 0.4) is 0 Å². The SMILES string of the molecule is CCCCCN(CCOc1ccc(CC(OCC)C(=O)O)cc1)C(=O)Oc1ccc(OC)cc1. The van der Waals surface area contributed by atoms with Gasteiger partial charge in [-0.15, -0.1) is 0 Å². The smallest absolute Gasteiger partial charge is 0.415 e. The monoisotopic (exact) mass is 473 g/mol. The van der Waals surface area contributed by atoms with Crippen LogP contribution >= 0.6 is 0 Å². The van der Waals surface area contributed by atoms with E-state index in [9.17, 15) is 14.7 Å². The van der Waals surface area contributed by atoms with Gasteiger partial charge >= 0.3 is 12.1 Å². The molecule has 0 aliphatic carbocycles. The van der Waals surface area contributed by atoms with E-state index in [0.717, 1.165) is 24.8 Å². The van der Waals surface area contributed by atoms with Crippen molar-refractivity contribution >= 4 is 12.1 Å². The Hall–Kier alpha value is -3.26. The largest absolute Gasteiger partial charge is 0.497 e. The quantitative estimate of drug-likeness (QED) is 0.371. The summed E-state index contributed by atoms with van der Waals surface area (Å²) in [6.07, 6.45) is 1.95. The third-order valence-corrected chi connectivity index (χ3v) is 5.17. The Labute approximate surface area is 201 Å². The lowest BCUT2D eigenvalue weighted by atomic mass is 10.1. The number of rotatable bonds is 15. The van der Waals surface area contributed by atoms with Crippen LogP contribution in [0.2, 0.25) is 0 Å². The molecule has 2 aromatic carbocycles. The molecule has 186 valence electrons. The fourth-order valence-corrected chi connectivity index (χ4v) is 3.28. The molecule has 1 atom stereocenters. The van der Waals surface area contributed by atoms with Crippen LogP contribution in [0.4, 0.5) is 4.79 Å². The molecule has 1 unspecified atom stereocenters. The highest BCUT2D eigenvalue weighted by molar-refractivity contribution is 5.72. The minimum absolute atomic E-state index is 0.284. The Morgan fingerprint density at radius 2 is 1.56 bits per heavy atom. The lowest BCUT2D eigenvalue weighted by Crippen LogP contribution is -2.37. The van der Waals surface area contributed by atoms with Crippen molar-refractivity contribution in [1.82, 2.24) is 4.90 Å². The fraction of sp³-hybridized carbons (Fsp3) is 0.462. The van der Waals surface area contributed by atoms with E-state index in [1.807, 2.05) is 12.1 Å². The van der Waals surface area contributed by atoms with Gasteiger partial charge in [0.25, 0.3) is 0 Å². The Kier molecular flexibility index (Phi) is 11.7. The number of unbranched alkanes of at least 4 members (excludes halogenated alkanes) is 2. The van der Waals surface area contributed by atoms with Crippen LogP contribution in [-0.4, -0.2) is 61.6 Å². The summed E-state index contributed by atoms with van der Waals surface area (Å²) in [5.74, 6) is 0.806. The molecule has 0 saturated heterocycles. The molecule has 0 radical (unpaired) electrons. The molecule has 0 heterocycles. The third kappa shape index (κ3) is 9.31. The van der Waals surface area contributed by atoms with Crippen LogP contribution in [0.5, 0.6) is 17.2 Å². The maximum Gasteiger partial charge on any atom is 0.415 e. The molecule has 34 heavy (non-hydrogen) atoms. The molecule has 0 saturated carbocycles. The normalized spacial score (nSPS) is 11.5. The zero-order chi connectivity index (χ0) is 24.8. The highest BCUT2D eigenvalue weighted by atomic mass is 16.6. The van der Waals surface area contributed by atoms with Crippen LogP contribution in [0.15, 0.2) is 48.5 Å². The number of methoxy groups -OCH3 is 1. The maximum absolute atomic E-state index is 12.7. The van der Waals surface area contributed by atoms with Gasteiger partial charge in [0.15, 0.2) is 6.10 Å². The van der Waals surface area contributed by atoms with Gasteiger partial charge in [0, 0.05) is 19.6 Å². The molecule has 1 amide bonds. The molecule has 2 aromatic rings. The van der Waals surface area contributed by atoms with Crippen molar-refractivity contribution in [2.24, 2.45) is 0 Å². The van der Waals surface area contributed by atoms with Crippen molar-refractivity contribution < 1.29 is 33.6 Å². The predicted molar refractivity (Wildman–Crippen MR) is 129 cm³/mol. The minimum atomic E-state index is -0.980. The van der Waals surface area contributed by atoms with E-state index in [1.54, 1.807) is 55.3 Å². The first kappa shape index (κ1) is 27.0. The summed E-state index contributed by atoms with van der Waals surface area (Å²) in [4.78, 5) is 25.6. The standard InChI is InChI=1S/C26H35NO7/c1-4-6-7-16-27(26(30)34-23-14-12-21(31-3)13-15-23)17-18-33-22-10-8-20(9-11-22)19-24(25(28)29)32-5-2/h8-15,24H,4-7,16-19H2,1-3H3,(H,28,29). The topological polar surface area (TPSA) is 94.5 Å². The van der Waals surface area contributed by atoms with Crippen molar-refractivity contribution in [3.63, 3.8) is 0 Å². The summed E-state index contributed by atoms with van der Waals surface area (Å²) >= 11 is 0. The molecule has 0 aliphatic rings. The zero-order valence-corrected chi connectivity index (χ0v) is 20.2. The van der Waals surface area contributed by atoms with Crippen molar-refractivity contribution in [3.8, 4) is 17.2 Å². The predicted octanol–water partition coefficient (Wildman–Crippen LogP) is 4.80. The van der Waals surface area contributed by atoms with Gasteiger partial charge < -0.3 is 29.0 Å². The van der Waals surface area contributed by atoms with Gasteiger partial charge in [-0.1, -0.05) is 31.9 Å². The van der Waals surface area contributed by atoms with Crippen molar-refractivity contribution in [2.75, 3.05) is 33.4 Å². The first-order chi connectivity index (χ1) is 16.5. The van der Waals surface area contributed by atoms with Gasteiger partial charge in [0.2, 0.25) is 0 Å². The van der Waals surface area contributed by atoms with Gasteiger partial charge in [0.05, 0.1) is 13.7 Å². The molecular formula is C26H35NO7. The Balaban J connectivity index is 1.89. The van der Waals surface area contributed by atoms with Gasteiger partial charge in [-0.25, -0.2) is 9.59 Å². The number of aliphatic carboxylic acids is 1. The van der Waals surface area contributed by atoms with Crippen molar-refractivity contribution in [3.05, 3.63) is 54.1 Å². The average molecular weight is 474 g/mol. The second kappa shape index (κ2) is 14.8. The number of hydrogen-bond donors (Lipinski definition) is 1. The number of carboxylic acids is 1. The lowest BCUT2D eigenvalue weighted by Gasteiger charge is -2.22. The van der Waals surface area contributed by atoms with Crippen LogP contribution in [0, 0.1) is 0 Å². The second-order valence-electron chi connectivity index (χ2n) is 7.72. The number of amides is 1. The third-order valence-electron chi connectivity index (χ3n) is 5.17. The highest BCUT2D eigenvalue weighted by Gasteiger charge is 2.18. The number of carbonyl (C=O) groups excluding carboxylic acids is 1. The summed E-state index contributed by atoms with van der Waals surface area (Å²) < 4.78 is 21.7. The highest BCUT2D eigenvalue weighted by Crippen LogP contribution is 2.18. The second-order valence-corrected chi connectivity index (χ2v) is 7.72. The summed E-state index contributed by atoms with van der Waals surface area (Å²) in [7, 11) is 1.58. The van der Waals surface area contributed by atoms with Crippen LogP contribution < -0.4 is 14.2 Å². The lowest BCUT2D eigenvalue weighted by molar-refractivity contribution is -0.149. The maximum atomic E-state index is 12.7. The van der Waals surface area contributed by atoms with E-state index in [0.29, 0.717) is 43.6 Å². The average Bonchev–Trinajstić information content (AvgIpc) is 2.84. The molecule has 0 spiro atoms. The molecule has 2 rings (SSSR count). The Bertz CT molecular complexity index is 868. The summed E-state index contributed by atoms with van der Waals surface area (Å²) in [5, 5.41) is 9.23. The Morgan fingerprint density at radius 3 is 2.15 bits per heavy atom. The van der Waals surface area contributed by atoms with E-state index in [4.69, 9.17) is 18.9 Å². The fourth-order valence-electron chi connectivity index (χ4n) is 3.28. The number of ether oxygens (including phenoxy) is 4. The molecule has 1 N–H and O–H groups in total. The first-order valence-corrected chi connectivity index (χ1v) is 11.6. The first-order valence-electron chi connectivity index (χ1n) is 11.6. The van der Waals surface area contributed by atoms with Crippen LogP contribution in [0.25, 0.3) is 0 Å². The molecule has 0 fully saturated rings. The summed E-state index contributed by atoms with van der Waals surface area (Å²) in [6.45, 7) is 5.49. The molecule has 0 bridgehead atoms. The number of carbonyl (C=O) groups is 2. The Morgan fingerprint density at radius 1 is 0.912 bits per heavy atom. The van der Waals surface area contributed by atoms with Gasteiger partial charge in [-0.05, 0) is 55.3 Å². The molecular weight excluding hydrogens is 438 g/mol. The molecule has 8 nitrogen and oxygen atoms in total. The number of benzene rings is 2. The zero-order valence-electron chi connectivity index (χ0n) is 20.2.